The Labute approximate surface area is 214 Å². The third-order valence-electron chi connectivity index (χ3n) is 8.46. The molecule has 0 saturated carbocycles. The molecule has 0 aromatic carbocycles. The average Bonchev–Trinajstić information content (AvgIpc) is 3.21. The Balaban J connectivity index is 1.84. The number of aliphatic hydroxyl groups is 1. The van der Waals surface area contributed by atoms with Crippen molar-refractivity contribution in [3.63, 3.8) is 0 Å². The first-order valence-electron chi connectivity index (χ1n) is 13.8. The van der Waals surface area contributed by atoms with Gasteiger partial charge in [0, 0.05) is 25.7 Å². The highest BCUT2D eigenvalue weighted by Crippen LogP contribution is 2.58. The Kier molecular flexibility index (Phi) is 8.25. The maximum absolute atomic E-state index is 14.2. The Hall–Kier alpha value is -2.19. The summed E-state index contributed by atoms with van der Waals surface area (Å²) in [7, 11) is 0. The zero-order valence-corrected chi connectivity index (χ0v) is 22.0. The number of hydrogen-bond acceptors (Lipinski definition) is 6. The molecule has 4 aliphatic rings. The van der Waals surface area contributed by atoms with Gasteiger partial charge in [0.1, 0.15) is 23.2 Å². The number of unbranched alkanes of at least 4 members (excludes halogenated alkanes) is 1. The molecule has 36 heavy (non-hydrogen) atoms. The van der Waals surface area contributed by atoms with E-state index in [0.29, 0.717) is 39.0 Å². The van der Waals surface area contributed by atoms with Crippen LogP contribution in [0.25, 0.3) is 0 Å². The number of aliphatic hydroxyl groups excluding tert-OH is 1. The van der Waals surface area contributed by atoms with Gasteiger partial charge in [-0.15, -0.1) is 0 Å². The second-order valence-electron chi connectivity index (χ2n) is 10.7. The highest BCUT2D eigenvalue weighted by Gasteiger charge is 2.75. The number of esters is 1. The summed E-state index contributed by atoms with van der Waals surface area (Å²) in [6, 6.07) is -0.836. The molecule has 2 amide bonds. The van der Waals surface area contributed by atoms with Crippen LogP contribution in [-0.2, 0) is 23.9 Å². The number of rotatable bonds is 8. The molecular weight excluding hydrogens is 460 g/mol. The van der Waals surface area contributed by atoms with Crippen molar-refractivity contribution in [3.05, 3.63) is 24.3 Å². The third-order valence-corrected chi connectivity index (χ3v) is 8.46. The SMILES string of the molecule is CCCC(C)N1CC=C[C@]23O[C@]4(CC)/C=C\CCCCOC(=O)[C@@H]4[C@H]2C(=O)N(CCCCO)C3C1=O. The fraction of sp³-hybridized carbons (Fsp3) is 0.750. The molecule has 0 aliphatic carbocycles. The number of carbonyl (C=O) groups excluding carboxylic acids is 3. The topological polar surface area (TPSA) is 96.4 Å². The minimum atomic E-state index is -1.24. The van der Waals surface area contributed by atoms with E-state index in [9.17, 15) is 19.5 Å². The second kappa shape index (κ2) is 11.1. The lowest BCUT2D eigenvalue weighted by Crippen LogP contribution is -2.57. The monoisotopic (exact) mass is 502 g/mol. The maximum atomic E-state index is 14.2. The van der Waals surface area contributed by atoms with Crippen LogP contribution in [-0.4, -0.2) is 82.3 Å². The number of likely N-dealkylation sites (tertiary alicyclic amines) is 1. The van der Waals surface area contributed by atoms with E-state index in [1.807, 2.05) is 37.0 Å². The van der Waals surface area contributed by atoms with Crippen molar-refractivity contribution in [3.8, 4) is 0 Å². The lowest BCUT2D eigenvalue weighted by molar-refractivity contribution is -0.161. The van der Waals surface area contributed by atoms with Gasteiger partial charge >= 0.3 is 5.97 Å². The largest absolute Gasteiger partial charge is 0.465 e. The predicted octanol–water partition coefficient (Wildman–Crippen LogP) is 2.99. The van der Waals surface area contributed by atoms with E-state index >= 15 is 0 Å². The fourth-order valence-corrected chi connectivity index (χ4v) is 6.66. The molecule has 4 rings (SSSR count). The van der Waals surface area contributed by atoms with Crippen molar-refractivity contribution in [2.24, 2.45) is 11.8 Å². The summed E-state index contributed by atoms with van der Waals surface area (Å²) in [6.07, 6.45) is 13.8. The Bertz CT molecular complexity index is 902. The Morgan fingerprint density at radius 3 is 2.61 bits per heavy atom. The van der Waals surface area contributed by atoms with E-state index in [2.05, 4.69) is 13.0 Å². The standard InChI is InChI=1S/C28H42N2O6/c1-4-13-20(3)29-17-12-15-28-21(24(32)30(16-9-10-18-31)23(28)25(29)33)22-26(34)35-19-11-7-6-8-14-27(22,5-2)36-28/h8,12,14-15,20-23,31H,4-7,9-11,13,16-19H2,1-3H3/b14-8-/t20?,21-,22-,23?,27+,28-/m0/s1. The van der Waals surface area contributed by atoms with Crippen molar-refractivity contribution in [1.29, 1.82) is 0 Å². The summed E-state index contributed by atoms with van der Waals surface area (Å²) in [5.41, 5.74) is -2.26. The molecule has 0 aromatic heterocycles. The number of nitrogens with zero attached hydrogens (tertiary/aromatic N) is 2. The predicted molar refractivity (Wildman–Crippen MR) is 135 cm³/mol. The molecule has 0 aromatic rings. The first-order chi connectivity index (χ1) is 17.4. The van der Waals surface area contributed by atoms with Gasteiger partial charge in [-0.2, -0.15) is 0 Å². The molecular formula is C28H42N2O6. The number of allylic oxidation sites excluding steroid dienone is 1. The van der Waals surface area contributed by atoms with Crippen molar-refractivity contribution in [1.82, 2.24) is 9.80 Å². The molecule has 0 radical (unpaired) electrons. The summed E-state index contributed by atoms with van der Waals surface area (Å²) < 4.78 is 12.6. The summed E-state index contributed by atoms with van der Waals surface area (Å²) in [5.74, 6) is -2.45. The van der Waals surface area contributed by atoms with Gasteiger partial charge in [0.2, 0.25) is 11.8 Å². The zero-order chi connectivity index (χ0) is 25.9. The number of hydrogen-bond donors (Lipinski definition) is 1. The Morgan fingerprint density at radius 1 is 1.08 bits per heavy atom. The van der Waals surface area contributed by atoms with Crippen LogP contribution >= 0.6 is 0 Å². The molecule has 0 bridgehead atoms. The maximum Gasteiger partial charge on any atom is 0.313 e. The molecule has 1 N–H and O–H groups in total. The molecule has 200 valence electrons. The van der Waals surface area contributed by atoms with E-state index in [1.54, 1.807) is 4.90 Å². The zero-order valence-electron chi connectivity index (χ0n) is 22.0. The molecule has 2 fully saturated rings. The highest BCUT2D eigenvalue weighted by atomic mass is 16.6. The molecule has 6 atom stereocenters. The molecule has 2 unspecified atom stereocenters. The quantitative estimate of drug-likeness (QED) is 0.311. The normalized spacial score (nSPS) is 36.1. The van der Waals surface area contributed by atoms with E-state index in [4.69, 9.17) is 9.47 Å². The van der Waals surface area contributed by atoms with Crippen molar-refractivity contribution in [2.75, 3.05) is 26.3 Å². The summed E-state index contributed by atoms with van der Waals surface area (Å²) >= 11 is 0. The van der Waals surface area contributed by atoms with Gasteiger partial charge in [0.25, 0.3) is 0 Å². The van der Waals surface area contributed by atoms with Gasteiger partial charge in [-0.3, -0.25) is 14.4 Å². The van der Waals surface area contributed by atoms with Gasteiger partial charge in [-0.25, -0.2) is 0 Å². The summed E-state index contributed by atoms with van der Waals surface area (Å²) in [5, 5.41) is 9.35. The molecule has 4 heterocycles. The minimum Gasteiger partial charge on any atom is -0.465 e. The number of carbonyl (C=O) groups is 3. The van der Waals surface area contributed by atoms with Gasteiger partial charge in [0.05, 0.1) is 12.5 Å². The summed E-state index contributed by atoms with van der Waals surface area (Å²) in [6.45, 7) is 7.21. The lowest BCUT2D eigenvalue weighted by atomic mass is 9.73. The molecule has 4 aliphatic heterocycles. The Morgan fingerprint density at radius 2 is 1.89 bits per heavy atom. The van der Waals surface area contributed by atoms with Crippen molar-refractivity contribution in [2.45, 2.75) is 95.4 Å². The van der Waals surface area contributed by atoms with Crippen molar-refractivity contribution >= 4 is 17.8 Å². The average molecular weight is 503 g/mol. The van der Waals surface area contributed by atoms with Crippen LogP contribution in [0, 0.1) is 11.8 Å². The van der Waals surface area contributed by atoms with Gasteiger partial charge in [0.15, 0.2) is 0 Å². The van der Waals surface area contributed by atoms with Gasteiger partial charge in [-0.05, 0) is 51.9 Å². The number of cyclic esters (lactones) is 1. The fourth-order valence-electron chi connectivity index (χ4n) is 6.66. The highest BCUT2D eigenvalue weighted by molar-refractivity contribution is 5.99. The van der Waals surface area contributed by atoms with Crippen LogP contribution in [0.3, 0.4) is 0 Å². The van der Waals surface area contributed by atoms with Gasteiger partial charge in [-0.1, -0.05) is 44.6 Å². The van der Waals surface area contributed by atoms with Crippen molar-refractivity contribution < 1.29 is 29.0 Å². The van der Waals surface area contributed by atoms with E-state index in [1.165, 1.54) is 0 Å². The van der Waals surface area contributed by atoms with Crippen LogP contribution in [0.15, 0.2) is 24.3 Å². The summed E-state index contributed by atoms with van der Waals surface area (Å²) in [4.78, 5) is 45.4. The van der Waals surface area contributed by atoms with E-state index < -0.39 is 35.0 Å². The molecule has 1 spiro atoms. The third kappa shape index (κ3) is 4.40. The first-order valence-corrected chi connectivity index (χ1v) is 13.8. The second-order valence-corrected chi connectivity index (χ2v) is 10.7. The van der Waals surface area contributed by atoms with E-state index in [0.717, 1.165) is 32.1 Å². The smallest absolute Gasteiger partial charge is 0.313 e. The molecule has 8 nitrogen and oxygen atoms in total. The van der Waals surface area contributed by atoms with Crippen LogP contribution in [0.4, 0.5) is 0 Å². The van der Waals surface area contributed by atoms with Crippen LogP contribution < -0.4 is 0 Å². The number of fused-ring (bicyclic) bond motifs is 2. The molecule has 8 heteroatoms. The number of ether oxygens (including phenoxy) is 2. The number of amides is 2. The van der Waals surface area contributed by atoms with Crippen LogP contribution in [0.5, 0.6) is 0 Å². The van der Waals surface area contributed by atoms with Crippen LogP contribution in [0.2, 0.25) is 0 Å². The molecule has 2 saturated heterocycles. The van der Waals surface area contributed by atoms with E-state index in [-0.39, 0.29) is 24.5 Å². The first kappa shape index (κ1) is 26.9. The van der Waals surface area contributed by atoms with Crippen LogP contribution in [0.1, 0.15) is 72.1 Å². The lowest BCUT2D eigenvalue weighted by Gasteiger charge is -2.39. The van der Waals surface area contributed by atoms with Gasteiger partial charge < -0.3 is 24.4 Å². The minimum absolute atomic E-state index is 0.0165.